The summed E-state index contributed by atoms with van der Waals surface area (Å²) in [5.74, 6) is 1.48. The maximum atomic E-state index is 5.88. The third kappa shape index (κ3) is 2.90. The van der Waals surface area contributed by atoms with E-state index in [0.29, 0.717) is 12.4 Å². The molecule has 100 valence electrons. The van der Waals surface area contributed by atoms with Crippen molar-refractivity contribution < 1.29 is 4.74 Å². The van der Waals surface area contributed by atoms with Gasteiger partial charge in [0.05, 0.1) is 12.2 Å². The fraction of sp³-hybridized carbons (Fsp3) is 0.333. The lowest BCUT2D eigenvalue weighted by molar-refractivity contribution is 0.341. The van der Waals surface area contributed by atoms with E-state index in [1.807, 2.05) is 45.0 Å². The van der Waals surface area contributed by atoms with E-state index in [9.17, 15) is 0 Å². The molecule has 0 fully saturated rings. The van der Waals surface area contributed by atoms with Crippen molar-refractivity contribution in [1.29, 1.82) is 0 Å². The second kappa shape index (κ2) is 5.80. The van der Waals surface area contributed by atoms with Crippen LogP contribution in [0.5, 0.6) is 5.75 Å². The zero-order valence-electron chi connectivity index (χ0n) is 11.6. The maximum Gasteiger partial charge on any atom is 0.163 e. The van der Waals surface area contributed by atoms with Gasteiger partial charge in [-0.2, -0.15) is 0 Å². The molecular formula is C15H19N3O. The monoisotopic (exact) mass is 257 g/mol. The van der Waals surface area contributed by atoms with E-state index in [0.717, 1.165) is 22.6 Å². The predicted molar refractivity (Wildman–Crippen MR) is 76.0 cm³/mol. The molecule has 0 radical (unpaired) electrons. The maximum absolute atomic E-state index is 5.88. The van der Waals surface area contributed by atoms with E-state index >= 15 is 0 Å². The summed E-state index contributed by atoms with van der Waals surface area (Å²) >= 11 is 0. The van der Waals surface area contributed by atoms with Crippen LogP contribution in [0.3, 0.4) is 0 Å². The summed E-state index contributed by atoms with van der Waals surface area (Å²) in [7, 11) is 0. The number of nitrogens with two attached hydrogens (primary N) is 1. The Morgan fingerprint density at radius 1 is 1.32 bits per heavy atom. The number of hydrogen-bond donors (Lipinski definition) is 1. The van der Waals surface area contributed by atoms with E-state index in [1.54, 1.807) is 6.20 Å². The molecule has 19 heavy (non-hydrogen) atoms. The standard InChI is InChI=1S/C15H19N3O/c1-4-19-14-8-6-5-7-12(14)15-17-9-13(10(2)16)11(3)18-15/h5-10H,4,16H2,1-3H3/t10-/m1/s1. The molecule has 1 aromatic carbocycles. The molecule has 1 aromatic heterocycles. The Morgan fingerprint density at radius 2 is 2.05 bits per heavy atom. The third-order valence-electron chi connectivity index (χ3n) is 2.94. The van der Waals surface area contributed by atoms with Gasteiger partial charge in [-0.1, -0.05) is 12.1 Å². The summed E-state index contributed by atoms with van der Waals surface area (Å²) in [5, 5.41) is 0. The van der Waals surface area contributed by atoms with E-state index in [1.165, 1.54) is 0 Å². The molecule has 4 nitrogen and oxygen atoms in total. The van der Waals surface area contributed by atoms with E-state index in [2.05, 4.69) is 9.97 Å². The number of nitrogens with zero attached hydrogens (tertiary/aromatic N) is 2. The summed E-state index contributed by atoms with van der Waals surface area (Å²) in [4.78, 5) is 8.94. The van der Waals surface area contributed by atoms with Crippen molar-refractivity contribution in [3.8, 4) is 17.1 Å². The van der Waals surface area contributed by atoms with Gasteiger partial charge in [0.1, 0.15) is 5.75 Å². The molecule has 1 atom stereocenters. The molecule has 0 spiro atoms. The second-order valence-electron chi connectivity index (χ2n) is 4.45. The van der Waals surface area contributed by atoms with Crippen molar-refractivity contribution in [2.45, 2.75) is 26.8 Å². The van der Waals surface area contributed by atoms with Gasteiger partial charge in [-0.25, -0.2) is 9.97 Å². The molecule has 0 aliphatic rings. The van der Waals surface area contributed by atoms with Gasteiger partial charge in [0, 0.05) is 23.5 Å². The Labute approximate surface area is 113 Å². The number of hydrogen-bond acceptors (Lipinski definition) is 4. The van der Waals surface area contributed by atoms with Gasteiger partial charge in [-0.05, 0) is 32.9 Å². The number of rotatable bonds is 4. The van der Waals surface area contributed by atoms with E-state index in [-0.39, 0.29) is 6.04 Å². The summed E-state index contributed by atoms with van der Waals surface area (Å²) in [6.45, 7) is 6.46. The fourth-order valence-corrected chi connectivity index (χ4v) is 1.99. The first-order chi connectivity index (χ1) is 9.13. The molecular weight excluding hydrogens is 238 g/mol. The lowest BCUT2D eigenvalue weighted by atomic mass is 10.1. The number of aromatic nitrogens is 2. The molecule has 0 aliphatic heterocycles. The lowest BCUT2D eigenvalue weighted by Gasteiger charge is -2.12. The van der Waals surface area contributed by atoms with Gasteiger partial charge in [-0.15, -0.1) is 0 Å². The van der Waals surface area contributed by atoms with Gasteiger partial charge in [0.25, 0.3) is 0 Å². The molecule has 0 amide bonds. The highest BCUT2D eigenvalue weighted by Crippen LogP contribution is 2.28. The minimum atomic E-state index is -0.0591. The summed E-state index contributed by atoms with van der Waals surface area (Å²) < 4.78 is 5.60. The topological polar surface area (TPSA) is 61.0 Å². The smallest absolute Gasteiger partial charge is 0.163 e. The van der Waals surface area contributed by atoms with E-state index < -0.39 is 0 Å². The van der Waals surface area contributed by atoms with Crippen LogP contribution in [0.25, 0.3) is 11.4 Å². The summed E-state index contributed by atoms with van der Waals surface area (Å²) in [6.07, 6.45) is 1.80. The number of benzene rings is 1. The zero-order chi connectivity index (χ0) is 13.8. The Balaban J connectivity index is 2.45. The number of aryl methyl sites for hydroxylation is 1. The molecule has 4 heteroatoms. The van der Waals surface area contributed by atoms with Gasteiger partial charge in [0.2, 0.25) is 0 Å². The van der Waals surface area contributed by atoms with Crippen molar-refractivity contribution in [1.82, 2.24) is 9.97 Å². The first-order valence-corrected chi connectivity index (χ1v) is 6.44. The number of para-hydroxylation sites is 1. The minimum Gasteiger partial charge on any atom is -0.493 e. The Kier molecular flexibility index (Phi) is 4.12. The average molecular weight is 257 g/mol. The molecule has 2 rings (SSSR count). The van der Waals surface area contributed by atoms with Crippen LogP contribution >= 0.6 is 0 Å². The molecule has 0 aliphatic carbocycles. The first-order valence-electron chi connectivity index (χ1n) is 6.44. The van der Waals surface area contributed by atoms with Crippen molar-refractivity contribution in [3.63, 3.8) is 0 Å². The summed E-state index contributed by atoms with van der Waals surface area (Å²) in [5.41, 5.74) is 8.66. The Morgan fingerprint density at radius 3 is 2.68 bits per heavy atom. The Bertz CT molecular complexity index is 567. The van der Waals surface area contributed by atoms with Crippen molar-refractivity contribution in [2.75, 3.05) is 6.61 Å². The SMILES string of the molecule is CCOc1ccccc1-c1ncc([C@@H](C)N)c(C)n1. The van der Waals surface area contributed by atoms with Gasteiger partial charge < -0.3 is 10.5 Å². The predicted octanol–water partition coefficient (Wildman–Crippen LogP) is 2.87. The number of ether oxygens (including phenoxy) is 1. The zero-order valence-corrected chi connectivity index (χ0v) is 11.6. The van der Waals surface area contributed by atoms with Crippen LogP contribution in [0.2, 0.25) is 0 Å². The second-order valence-corrected chi connectivity index (χ2v) is 4.45. The molecule has 0 unspecified atom stereocenters. The minimum absolute atomic E-state index is 0.0591. The molecule has 0 bridgehead atoms. The van der Waals surface area contributed by atoms with Gasteiger partial charge in [0.15, 0.2) is 5.82 Å². The highest BCUT2D eigenvalue weighted by Gasteiger charge is 2.11. The molecule has 0 saturated heterocycles. The molecule has 2 N–H and O–H groups in total. The van der Waals surface area contributed by atoms with Crippen molar-refractivity contribution in [2.24, 2.45) is 5.73 Å². The molecule has 2 aromatic rings. The van der Waals surface area contributed by atoms with Crippen LogP contribution in [-0.4, -0.2) is 16.6 Å². The van der Waals surface area contributed by atoms with Gasteiger partial charge in [-0.3, -0.25) is 0 Å². The van der Waals surface area contributed by atoms with Crippen LogP contribution < -0.4 is 10.5 Å². The largest absolute Gasteiger partial charge is 0.493 e. The van der Waals surface area contributed by atoms with Crippen LogP contribution in [-0.2, 0) is 0 Å². The lowest BCUT2D eigenvalue weighted by Crippen LogP contribution is -2.09. The highest BCUT2D eigenvalue weighted by molar-refractivity contribution is 5.64. The van der Waals surface area contributed by atoms with Crippen molar-refractivity contribution >= 4 is 0 Å². The Hall–Kier alpha value is -1.94. The van der Waals surface area contributed by atoms with E-state index in [4.69, 9.17) is 10.5 Å². The average Bonchev–Trinajstić information content (AvgIpc) is 2.39. The quantitative estimate of drug-likeness (QED) is 0.914. The van der Waals surface area contributed by atoms with Crippen molar-refractivity contribution in [3.05, 3.63) is 41.7 Å². The highest BCUT2D eigenvalue weighted by atomic mass is 16.5. The van der Waals surface area contributed by atoms with Crippen LogP contribution in [0.4, 0.5) is 0 Å². The van der Waals surface area contributed by atoms with Crippen LogP contribution in [0.15, 0.2) is 30.5 Å². The first kappa shape index (κ1) is 13.5. The molecule has 0 saturated carbocycles. The third-order valence-corrected chi connectivity index (χ3v) is 2.94. The van der Waals surface area contributed by atoms with Crippen LogP contribution in [0.1, 0.15) is 31.1 Å². The normalized spacial score (nSPS) is 12.2. The summed E-state index contributed by atoms with van der Waals surface area (Å²) in [6, 6.07) is 7.73. The fourth-order valence-electron chi connectivity index (χ4n) is 1.99. The van der Waals surface area contributed by atoms with Crippen LogP contribution in [0, 0.1) is 6.92 Å². The molecule has 1 heterocycles. The van der Waals surface area contributed by atoms with Gasteiger partial charge >= 0.3 is 0 Å².